The molecule has 1 nitrogen and oxygen atoms in total. The molecule has 0 saturated carbocycles. The lowest BCUT2D eigenvalue weighted by Gasteiger charge is -2.12. The summed E-state index contributed by atoms with van der Waals surface area (Å²) in [7, 11) is 0. The lowest BCUT2D eigenvalue weighted by molar-refractivity contribution is 0.513. The van der Waals surface area contributed by atoms with E-state index < -0.39 is 0 Å². The molecule has 0 radical (unpaired) electrons. The molecule has 1 unspecified atom stereocenters. The molecule has 1 N–H and O–H groups in total. The molecule has 1 heterocycles. The molecule has 1 rings (SSSR count). The molecule has 0 aromatic carbocycles. The van der Waals surface area contributed by atoms with Gasteiger partial charge in [0.2, 0.25) is 0 Å². The third-order valence-electron chi connectivity index (χ3n) is 2.83. The first-order valence-corrected chi connectivity index (χ1v) is 6.82. The van der Waals surface area contributed by atoms with Crippen LogP contribution in [-0.4, -0.2) is 6.04 Å². The first-order valence-electron chi connectivity index (χ1n) is 6.82. The Kier molecular flexibility index (Phi) is 9.76. The summed E-state index contributed by atoms with van der Waals surface area (Å²) in [5, 5.41) is 3.58. The highest BCUT2D eigenvalue weighted by Crippen LogP contribution is 2.16. The van der Waals surface area contributed by atoms with Crippen LogP contribution in [0.3, 0.4) is 0 Å². The van der Waals surface area contributed by atoms with Gasteiger partial charge in [0.25, 0.3) is 0 Å². The van der Waals surface area contributed by atoms with E-state index in [0.717, 1.165) is 6.04 Å². The van der Waals surface area contributed by atoms with Crippen molar-refractivity contribution in [2.75, 3.05) is 0 Å². The normalized spacial score (nSPS) is 18.9. The van der Waals surface area contributed by atoms with Crippen molar-refractivity contribution in [3.05, 3.63) is 11.8 Å². The predicted octanol–water partition coefficient (Wildman–Crippen LogP) is 4.64. The van der Waals surface area contributed by atoms with Crippen LogP contribution in [0.25, 0.3) is 0 Å². The predicted molar refractivity (Wildman–Crippen MR) is 70.0 cm³/mol. The summed E-state index contributed by atoms with van der Waals surface area (Å²) in [4.78, 5) is 0. The smallest absolute Gasteiger partial charge is 0.0293 e. The number of nitrogens with one attached hydrogen (secondary N) is 1. The van der Waals surface area contributed by atoms with E-state index in [2.05, 4.69) is 25.2 Å². The highest BCUT2D eigenvalue weighted by Gasteiger charge is 2.13. The van der Waals surface area contributed by atoms with Gasteiger partial charge in [-0.05, 0) is 19.3 Å². The summed E-state index contributed by atoms with van der Waals surface area (Å²) >= 11 is 0. The van der Waals surface area contributed by atoms with Crippen molar-refractivity contribution in [1.29, 1.82) is 0 Å². The summed E-state index contributed by atoms with van der Waals surface area (Å²) in [5.74, 6) is 0. The van der Waals surface area contributed by atoms with Crippen LogP contribution < -0.4 is 5.32 Å². The maximum absolute atomic E-state index is 3.58. The molecule has 15 heavy (non-hydrogen) atoms. The average Bonchev–Trinajstić information content (AvgIpc) is 2.75. The lowest BCUT2D eigenvalue weighted by atomic mass is 10.1. The Morgan fingerprint density at radius 2 is 1.93 bits per heavy atom. The van der Waals surface area contributed by atoms with Crippen LogP contribution in [0.1, 0.15) is 72.6 Å². The van der Waals surface area contributed by atoms with Gasteiger partial charge in [-0.1, -0.05) is 59.5 Å². The van der Waals surface area contributed by atoms with Crippen LogP contribution in [-0.2, 0) is 0 Å². The molecule has 0 aliphatic carbocycles. The molecule has 1 heteroatoms. The van der Waals surface area contributed by atoms with Crippen LogP contribution >= 0.6 is 0 Å². The van der Waals surface area contributed by atoms with E-state index in [4.69, 9.17) is 0 Å². The van der Waals surface area contributed by atoms with Crippen molar-refractivity contribution in [2.45, 2.75) is 78.7 Å². The van der Waals surface area contributed by atoms with Crippen molar-refractivity contribution < 1.29 is 0 Å². The Morgan fingerprint density at radius 3 is 2.47 bits per heavy atom. The van der Waals surface area contributed by atoms with E-state index in [9.17, 15) is 0 Å². The number of allylic oxidation sites excluding steroid dienone is 1. The standard InChI is InChI=1S/C12H23N.C2H6/c1-3-5-6-7-8-12-10-9-11(4-2)13-12;1-2/h9,12-13H,3-8,10H2,1-2H3;1-2H3. The molecule has 0 spiro atoms. The highest BCUT2D eigenvalue weighted by atomic mass is 14.9. The van der Waals surface area contributed by atoms with E-state index in [-0.39, 0.29) is 0 Å². The minimum absolute atomic E-state index is 0.756. The van der Waals surface area contributed by atoms with Crippen LogP contribution in [0.15, 0.2) is 11.8 Å². The Bertz CT molecular complexity index is 161. The van der Waals surface area contributed by atoms with Crippen LogP contribution in [0.2, 0.25) is 0 Å². The van der Waals surface area contributed by atoms with E-state index in [1.165, 1.54) is 50.6 Å². The van der Waals surface area contributed by atoms with E-state index >= 15 is 0 Å². The maximum atomic E-state index is 3.58. The second-order valence-electron chi connectivity index (χ2n) is 4.01. The summed E-state index contributed by atoms with van der Waals surface area (Å²) in [6.45, 7) is 8.49. The zero-order valence-corrected chi connectivity index (χ0v) is 11.1. The first-order chi connectivity index (χ1) is 7.36. The number of unbranched alkanes of at least 4 members (excludes halogenated alkanes) is 3. The van der Waals surface area contributed by atoms with Gasteiger partial charge < -0.3 is 5.32 Å². The van der Waals surface area contributed by atoms with E-state index in [1.54, 1.807) is 0 Å². The molecule has 0 saturated heterocycles. The SMILES string of the molecule is CC.CCCCCCC1CC=C(CC)N1. The Morgan fingerprint density at radius 1 is 1.20 bits per heavy atom. The van der Waals surface area contributed by atoms with Gasteiger partial charge in [0.1, 0.15) is 0 Å². The Labute approximate surface area is 96.3 Å². The number of hydrogen-bond acceptors (Lipinski definition) is 1. The van der Waals surface area contributed by atoms with Crippen LogP contribution in [0, 0.1) is 0 Å². The van der Waals surface area contributed by atoms with Gasteiger partial charge in [-0.25, -0.2) is 0 Å². The van der Waals surface area contributed by atoms with Gasteiger partial charge in [-0.15, -0.1) is 0 Å². The molecule has 90 valence electrons. The van der Waals surface area contributed by atoms with Crippen molar-refractivity contribution >= 4 is 0 Å². The molecule has 0 aromatic heterocycles. The molecule has 0 fully saturated rings. The molecule has 0 amide bonds. The zero-order chi connectivity index (χ0) is 11.5. The topological polar surface area (TPSA) is 12.0 Å². The lowest BCUT2D eigenvalue weighted by Crippen LogP contribution is -2.22. The number of hydrogen-bond donors (Lipinski definition) is 1. The van der Waals surface area contributed by atoms with Gasteiger partial charge in [-0.2, -0.15) is 0 Å². The molecule has 1 aliphatic rings. The minimum atomic E-state index is 0.756. The molecule has 0 bridgehead atoms. The van der Waals surface area contributed by atoms with Crippen LogP contribution in [0.5, 0.6) is 0 Å². The second-order valence-corrected chi connectivity index (χ2v) is 4.01. The van der Waals surface area contributed by atoms with Gasteiger partial charge in [0, 0.05) is 11.7 Å². The first kappa shape index (κ1) is 14.5. The van der Waals surface area contributed by atoms with Crippen molar-refractivity contribution in [2.24, 2.45) is 0 Å². The third kappa shape index (κ3) is 6.59. The monoisotopic (exact) mass is 211 g/mol. The largest absolute Gasteiger partial charge is 0.386 e. The van der Waals surface area contributed by atoms with Gasteiger partial charge in [0.05, 0.1) is 0 Å². The number of rotatable bonds is 6. The molecular formula is C14H29N. The summed E-state index contributed by atoms with van der Waals surface area (Å²) in [6.07, 6.45) is 11.7. The molecule has 1 aliphatic heterocycles. The molecule has 1 atom stereocenters. The summed E-state index contributed by atoms with van der Waals surface area (Å²) < 4.78 is 0. The van der Waals surface area contributed by atoms with Gasteiger partial charge in [-0.3, -0.25) is 0 Å². The molecule has 0 aromatic rings. The van der Waals surface area contributed by atoms with E-state index in [1.807, 2.05) is 13.8 Å². The van der Waals surface area contributed by atoms with Crippen LogP contribution in [0.4, 0.5) is 0 Å². The molecular weight excluding hydrogens is 182 g/mol. The maximum Gasteiger partial charge on any atom is 0.0293 e. The minimum Gasteiger partial charge on any atom is -0.386 e. The van der Waals surface area contributed by atoms with Crippen molar-refractivity contribution in [3.63, 3.8) is 0 Å². The fourth-order valence-electron chi connectivity index (χ4n) is 1.92. The highest BCUT2D eigenvalue weighted by molar-refractivity contribution is 5.08. The van der Waals surface area contributed by atoms with Crippen molar-refractivity contribution in [3.8, 4) is 0 Å². The second kappa shape index (κ2) is 10.1. The Balaban J connectivity index is 0.000000921. The Hall–Kier alpha value is -0.460. The van der Waals surface area contributed by atoms with E-state index in [0.29, 0.717) is 0 Å². The fraction of sp³-hybridized carbons (Fsp3) is 0.857. The third-order valence-corrected chi connectivity index (χ3v) is 2.83. The quantitative estimate of drug-likeness (QED) is 0.631. The average molecular weight is 211 g/mol. The zero-order valence-electron chi connectivity index (χ0n) is 11.1. The van der Waals surface area contributed by atoms with Gasteiger partial charge >= 0.3 is 0 Å². The summed E-state index contributed by atoms with van der Waals surface area (Å²) in [6, 6.07) is 0.756. The fourth-order valence-corrected chi connectivity index (χ4v) is 1.92. The van der Waals surface area contributed by atoms with Gasteiger partial charge in [0.15, 0.2) is 0 Å². The van der Waals surface area contributed by atoms with Crippen molar-refractivity contribution in [1.82, 2.24) is 5.32 Å². The summed E-state index contributed by atoms with van der Waals surface area (Å²) in [5.41, 5.74) is 1.46.